The molecule has 2 amide bonds. The predicted molar refractivity (Wildman–Crippen MR) is 202 cm³/mol. The molecule has 0 radical (unpaired) electrons. The fourth-order valence-electron chi connectivity index (χ4n) is 7.07. The van der Waals surface area contributed by atoms with Crippen molar-refractivity contribution in [2.45, 2.75) is 49.1 Å². The molecule has 9 rings (SSSR count). The maximum atomic E-state index is 16.4. The van der Waals surface area contributed by atoms with Gasteiger partial charge in [0.25, 0.3) is 11.8 Å². The van der Waals surface area contributed by atoms with Crippen molar-refractivity contribution < 1.29 is 55.8 Å². The van der Waals surface area contributed by atoms with Crippen molar-refractivity contribution in [3.63, 3.8) is 0 Å². The van der Waals surface area contributed by atoms with Gasteiger partial charge in [0.2, 0.25) is 0 Å². The van der Waals surface area contributed by atoms with E-state index < -0.39 is 89.6 Å². The minimum absolute atomic E-state index is 0.00210. The van der Waals surface area contributed by atoms with Gasteiger partial charge in [0, 0.05) is 11.1 Å². The first kappa shape index (κ1) is 39.9. The number of imidazole rings is 2. The van der Waals surface area contributed by atoms with Gasteiger partial charge in [0.05, 0.1) is 38.0 Å². The van der Waals surface area contributed by atoms with Gasteiger partial charge in [-0.25, -0.2) is 58.0 Å². The summed E-state index contributed by atoms with van der Waals surface area (Å²) in [6.07, 6.45) is -6.07. The van der Waals surface area contributed by atoms with Gasteiger partial charge in [-0.05, 0) is 24.3 Å². The molecule has 22 nitrogen and oxygen atoms in total. The number of fused-ring (bicyclic) bond motifs is 4. The molecule has 3 saturated heterocycles. The van der Waals surface area contributed by atoms with Crippen molar-refractivity contribution in [1.82, 2.24) is 49.2 Å². The third-order valence-electron chi connectivity index (χ3n) is 9.91. The summed E-state index contributed by atoms with van der Waals surface area (Å²) in [5, 5.41) is 9.69. The van der Waals surface area contributed by atoms with E-state index in [1.165, 1.54) is 0 Å². The van der Waals surface area contributed by atoms with Crippen LogP contribution in [0.5, 0.6) is 0 Å². The van der Waals surface area contributed by atoms with E-state index >= 15 is 8.78 Å². The van der Waals surface area contributed by atoms with Crippen molar-refractivity contribution in [2.24, 2.45) is 0 Å². The van der Waals surface area contributed by atoms with E-state index in [2.05, 4.69) is 50.7 Å². The molecule has 6 aromatic rings. The summed E-state index contributed by atoms with van der Waals surface area (Å²) in [5.41, 5.74) is 0.805. The van der Waals surface area contributed by atoms with Crippen molar-refractivity contribution in [3.8, 4) is 0 Å². The third kappa shape index (κ3) is 7.69. The Labute approximate surface area is 335 Å². The zero-order valence-electron chi connectivity index (χ0n) is 30.5. The first-order valence-electron chi connectivity index (χ1n) is 18.0. The maximum Gasteiger partial charge on any atom is 0.403 e. The van der Waals surface area contributed by atoms with E-state index in [1.54, 1.807) is 60.7 Å². The molecule has 0 bridgehead atoms. The highest BCUT2D eigenvalue weighted by Gasteiger charge is 2.53. The van der Waals surface area contributed by atoms with Gasteiger partial charge in [-0.1, -0.05) is 36.4 Å². The van der Waals surface area contributed by atoms with Crippen LogP contribution in [0.2, 0.25) is 0 Å². The second-order valence-electron chi connectivity index (χ2n) is 13.7. The Bertz CT molecular complexity index is 2500. The lowest BCUT2D eigenvalue weighted by atomic mass is 10.1. The molecule has 2 aromatic carbocycles. The lowest BCUT2D eigenvalue weighted by molar-refractivity contribution is -0.0377. The zero-order chi connectivity index (χ0) is 41.8. The van der Waals surface area contributed by atoms with Gasteiger partial charge in [0.1, 0.15) is 24.9 Å². The largest absolute Gasteiger partial charge is 0.403 e. The fourth-order valence-corrected chi connectivity index (χ4v) is 9.29. The number of anilines is 2. The number of carbonyl (C=O) groups is 2. The summed E-state index contributed by atoms with van der Waals surface area (Å²) in [6, 6.07) is 13.1. The van der Waals surface area contributed by atoms with E-state index in [4.69, 9.17) is 18.5 Å². The number of aromatic nitrogens is 8. The van der Waals surface area contributed by atoms with Crippen LogP contribution in [0.15, 0.2) is 86.0 Å². The first-order valence-corrected chi connectivity index (χ1v) is 21.2. The van der Waals surface area contributed by atoms with E-state index in [0.717, 1.165) is 34.4 Å². The number of hydrogen-bond donors (Lipinski definition) is 6. The second-order valence-corrected chi connectivity index (χ2v) is 16.8. The second kappa shape index (κ2) is 15.8. The number of halogens is 2. The molecule has 6 N–H and O–H groups in total. The first-order chi connectivity index (χ1) is 28.9. The molecule has 7 heterocycles. The predicted octanol–water partition coefficient (Wildman–Crippen LogP) is 2.81. The number of nitrogens with zero attached hydrogens (tertiary/aromatic N) is 8. The lowest BCUT2D eigenvalue weighted by Gasteiger charge is -2.28. The minimum atomic E-state index is -4.98. The molecule has 10 atom stereocenters. The summed E-state index contributed by atoms with van der Waals surface area (Å²) in [7, 11) is -9.96. The molecule has 3 fully saturated rings. The Balaban J connectivity index is 0.938. The maximum absolute atomic E-state index is 16.4. The van der Waals surface area contributed by atoms with Crippen LogP contribution < -0.4 is 20.8 Å². The molecular weight excluding hydrogens is 836 g/mol. The number of amides is 2. The fraction of sp³-hybridized carbons (Fsp3) is 0.294. The molecule has 312 valence electrons. The molecule has 0 spiro atoms. The molecule has 3 aliphatic heterocycles. The molecule has 4 aromatic heterocycles. The van der Waals surface area contributed by atoms with Crippen molar-refractivity contribution in [1.29, 1.82) is 0 Å². The summed E-state index contributed by atoms with van der Waals surface area (Å²) in [5.74, 6) is -0.997. The molecule has 0 aliphatic carbocycles. The van der Waals surface area contributed by atoms with Crippen LogP contribution in [0.1, 0.15) is 33.2 Å². The Kier molecular flexibility index (Phi) is 10.5. The van der Waals surface area contributed by atoms with Gasteiger partial charge >= 0.3 is 15.5 Å². The van der Waals surface area contributed by atoms with Crippen LogP contribution in [0, 0.1) is 0 Å². The Morgan fingerprint density at radius 3 is 1.45 bits per heavy atom. The zero-order valence-corrected chi connectivity index (χ0v) is 32.3. The number of ether oxygens (including phenoxy) is 2. The number of carbonyl (C=O) groups excluding carboxylic acids is 2. The summed E-state index contributed by atoms with van der Waals surface area (Å²) in [6.45, 7) is -1.71. The number of hydrogen-bond acceptors (Lipinski definition) is 14. The summed E-state index contributed by atoms with van der Waals surface area (Å²) < 4.78 is 84.5. The van der Waals surface area contributed by atoms with Crippen molar-refractivity contribution in [3.05, 3.63) is 97.1 Å². The van der Waals surface area contributed by atoms with E-state index in [1.807, 2.05) is 0 Å². The number of benzene rings is 2. The van der Waals surface area contributed by atoms with E-state index in [0.29, 0.717) is 11.1 Å². The smallest absolute Gasteiger partial charge is 0.347 e. The standard InChI is InChI=1S/C34H32F2N12O10P2/c35-21-23-19(57-33(21)47-15-41-25-27(37-13-39-29(25)47)43-31(49)17-7-3-1-4-8-17)11-55-60(53,54)46-24-20(12-56-59(51,52)45-23)58-34(22(24)36)48-16-42-26-28(38-14-40-30(26)48)44-32(50)18-9-5-2-6-10-18/h1-10,13-16,19-24,33-34H,11-12H2,(H2,45,51,52)(H2,46,53,54)(H,37,39,43,49)(H,38,40,44,50)/t19-,20-,21-,22-,23-,24-,33-,34-/m1/s1. The molecule has 60 heavy (non-hydrogen) atoms. The van der Waals surface area contributed by atoms with Crippen molar-refractivity contribution >= 4 is 61.3 Å². The third-order valence-corrected chi connectivity index (χ3v) is 12.2. The number of rotatable bonds is 6. The topological polar surface area (TPSA) is 281 Å². The quantitative estimate of drug-likeness (QED) is 0.131. The molecule has 2 unspecified atom stereocenters. The normalized spacial score (nSPS) is 30.9. The number of alkyl halides is 2. The van der Waals surface area contributed by atoms with Crippen LogP contribution in [-0.4, -0.2) is 110 Å². The van der Waals surface area contributed by atoms with Gasteiger partial charge in [-0.15, -0.1) is 0 Å². The summed E-state index contributed by atoms with van der Waals surface area (Å²) in [4.78, 5) is 72.5. The van der Waals surface area contributed by atoms with Gasteiger partial charge in [-0.2, -0.15) is 0 Å². The highest BCUT2D eigenvalue weighted by atomic mass is 31.2. The van der Waals surface area contributed by atoms with Gasteiger partial charge < -0.3 is 29.9 Å². The highest BCUT2D eigenvalue weighted by molar-refractivity contribution is 7.50. The Morgan fingerprint density at radius 2 is 1.05 bits per heavy atom. The van der Waals surface area contributed by atoms with Crippen LogP contribution in [-0.2, 0) is 27.7 Å². The number of nitrogens with one attached hydrogen (secondary N) is 4. The molecule has 26 heteroatoms. The monoisotopic (exact) mass is 868 g/mol. The molecule has 0 saturated carbocycles. The van der Waals surface area contributed by atoms with Gasteiger partial charge in [-0.3, -0.25) is 27.8 Å². The molecular formula is C34H32F2N12O10P2. The van der Waals surface area contributed by atoms with Crippen LogP contribution in [0.25, 0.3) is 22.3 Å². The minimum Gasteiger partial charge on any atom is -0.347 e. The average Bonchev–Trinajstić information content (AvgIpc) is 4.01. The van der Waals surface area contributed by atoms with E-state index in [-0.39, 0.29) is 34.0 Å². The lowest BCUT2D eigenvalue weighted by Crippen LogP contribution is -2.46. The molecule has 3 aliphatic rings. The van der Waals surface area contributed by atoms with Crippen molar-refractivity contribution in [2.75, 3.05) is 23.8 Å². The average molecular weight is 869 g/mol. The summed E-state index contributed by atoms with van der Waals surface area (Å²) >= 11 is 0. The Morgan fingerprint density at radius 1 is 0.650 bits per heavy atom. The SMILES string of the molecule is O=C(Nc1ncnc2c1ncn2[C@@H]1O[C@@H]2COP(=O)(O)N[C@H]3[C@@H](F)[C@H](n4cnc5c(NC(=O)c6ccccc6)ncnc54)O[C@@H]3COP(=O)(O)N[C@H]2[C@H]1F)c1ccccc1. The van der Waals surface area contributed by atoms with Crippen LogP contribution in [0.3, 0.4) is 0 Å². The van der Waals surface area contributed by atoms with Gasteiger partial charge in [0.15, 0.2) is 58.8 Å². The van der Waals surface area contributed by atoms with Crippen LogP contribution in [0.4, 0.5) is 20.4 Å². The highest BCUT2D eigenvalue weighted by Crippen LogP contribution is 2.48. The van der Waals surface area contributed by atoms with Crippen LogP contribution >= 0.6 is 15.5 Å². The van der Waals surface area contributed by atoms with E-state index in [9.17, 15) is 28.5 Å². The Hall–Kier alpha value is -5.52.